The Bertz CT molecular complexity index is 1280. The van der Waals surface area contributed by atoms with Crippen LogP contribution in [-0.4, -0.2) is 0 Å². The van der Waals surface area contributed by atoms with E-state index in [-0.39, 0.29) is 11.6 Å². The van der Waals surface area contributed by atoms with Gasteiger partial charge in [0.25, 0.3) is 0 Å². The molecule has 148 valence electrons. The third-order valence-corrected chi connectivity index (χ3v) is 5.29. The molecule has 0 atom stereocenters. The zero-order valence-electron chi connectivity index (χ0n) is 17.0. The molecule has 30 heavy (non-hydrogen) atoms. The van der Waals surface area contributed by atoms with Crippen LogP contribution in [-0.2, 0) is 0 Å². The third kappa shape index (κ3) is 4.23. The Labute approximate surface area is 175 Å². The number of hydrogen-bond donors (Lipinski definition) is 0. The van der Waals surface area contributed by atoms with Gasteiger partial charge in [-0.25, -0.2) is 8.78 Å². The summed E-state index contributed by atoms with van der Waals surface area (Å²) in [6.45, 7) is 3.51. The van der Waals surface area contributed by atoms with Gasteiger partial charge in [0, 0.05) is 0 Å². The van der Waals surface area contributed by atoms with Gasteiger partial charge in [-0.2, -0.15) is 0 Å². The third-order valence-electron chi connectivity index (χ3n) is 5.29. The lowest BCUT2D eigenvalue weighted by Crippen LogP contribution is -1.86. The highest BCUT2D eigenvalue weighted by Crippen LogP contribution is 2.27. The first kappa shape index (κ1) is 19.8. The molecule has 0 N–H and O–H groups in total. The fraction of sp³-hybridized carbons (Fsp3) is 0.0714. The topological polar surface area (TPSA) is 0 Å². The van der Waals surface area contributed by atoms with E-state index >= 15 is 0 Å². The van der Waals surface area contributed by atoms with Crippen molar-refractivity contribution in [2.45, 2.75) is 13.8 Å². The molecule has 0 aliphatic heterocycles. The lowest BCUT2D eigenvalue weighted by Gasteiger charge is -2.08. The van der Waals surface area contributed by atoms with E-state index < -0.39 is 0 Å². The number of hydrogen-bond acceptors (Lipinski definition) is 0. The van der Waals surface area contributed by atoms with Gasteiger partial charge in [-0.3, -0.25) is 0 Å². The fourth-order valence-electron chi connectivity index (χ4n) is 3.43. The molecule has 4 aromatic carbocycles. The Morgan fingerprint density at radius 3 is 1.83 bits per heavy atom. The maximum Gasteiger partial charge on any atom is 0.126 e. The van der Waals surface area contributed by atoms with E-state index in [0.29, 0.717) is 11.1 Å². The maximum atomic E-state index is 13.9. The van der Waals surface area contributed by atoms with Gasteiger partial charge in [0.15, 0.2) is 0 Å². The second-order valence-electron chi connectivity index (χ2n) is 7.47. The molecule has 0 amide bonds. The molecule has 4 aromatic rings. The van der Waals surface area contributed by atoms with Gasteiger partial charge in [0.1, 0.15) is 11.6 Å². The molecule has 0 fully saturated rings. The number of benzene rings is 4. The first-order valence-electron chi connectivity index (χ1n) is 9.91. The monoisotopic (exact) mass is 396 g/mol. The summed E-state index contributed by atoms with van der Waals surface area (Å²) in [7, 11) is 0. The van der Waals surface area contributed by atoms with Crippen molar-refractivity contribution in [3.8, 4) is 0 Å². The number of fused-ring (bicyclic) bond motifs is 1. The first-order valence-corrected chi connectivity index (χ1v) is 9.91. The van der Waals surface area contributed by atoms with Gasteiger partial charge < -0.3 is 0 Å². The fourth-order valence-corrected chi connectivity index (χ4v) is 3.43. The van der Waals surface area contributed by atoms with Crippen LogP contribution in [0.1, 0.15) is 33.4 Å². The van der Waals surface area contributed by atoms with Gasteiger partial charge in [0.2, 0.25) is 0 Å². The highest BCUT2D eigenvalue weighted by molar-refractivity contribution is 5.97. The lowest BCUT2D eigenvalue weighted by atomic mass is 9.97. The molecule has 0 heterocycles. The zero-order valence-corrected chi connectivity index (χ0v) is 17.0. The summed E-state index contributed by atoms with van der Waals surface area (Å²) in [6, 6.07) is 22.8. The van der Waals surface area contributed by atoms with Crippen LogP contribution < -0.4 is 0 Å². The van der Waals surface area contributed by atoms with E-state index in [2.05, 4.69) is 24.3 Å². The number of rotatable bonds is 4. The van der Waals surface area contributed by atoms with E-state index in [9.17, 15) is 8.78 Å². The number of aryl methyl sites for hydroxylation is 2. The molecular weight excluding hydrogens is 374 g/mol. The minimum Gasteiger partial charge on any atom is -0.207 e. The number of halogens is 2. The van der Waals surface area contributed by atoms with Crippen molar-refractivity contribution in [1.29, 1.82) is 0 Å². The van der Waals surface area contributed by atoms with E-state index in [1.807, 2.05) is 48.6 Å². The molecule has 0 unspecified atom stereocenters. The van der Waals surface area contributed by atoms with Gasteiger partial charge in [-0.05, 0) is 70.1 Å². The van der Waals surface area contributed by atoms with Gasteiger partial charge in [0.05, 0.1) is 0 Å². The Kier molecular flexibility index (Phi) is 5.58. The summed E-state index contributed by atoms with van der Waals surface area (Å²) >= 11 is 0. The second kappa shape index (κ2) is 8.46. The molecule has 0 aliphatic rings. The van der Waals surface area contributed by atoms with E-state index in [1.165, 1.54) is 6.07 Å². The molecule has 0 saturated heterocycles. The lowest BCUT2D eigenvalue weighted by molar-refractivity contribution is 0.618. The Morgan fingerprint density at radius 1 is 0.600 bits per heavy atom. The van der Waals surface area contributed by atoms with Crippen molar-refractivity contribution >= 4 is 35.1 Å². The van der Waals surface area contributed by atoms with E-state index in [0.717, 1.165) is 33.0 Å². The summed E-state index contributed by atoms with van der Waals surface area (Å²) in [5.41, 5.74) is 4.93. The standard InChI is InChI=1S/C28H22F2/c1-19-7-9-21(17-27(19)29)11-13-24-15-14-23-5-3-4-6-25(23)26(24)16-12-22-10-8-20(2)28(30)18-22/h3-18H,1-2H3/b13-11-,16-12-. The molecule has 0 bridgehead atoms. The SMILES string of the molecule is Cc1ccc(/C=C\c2ccc3ccccc3c2/C=C\c2ccc(C)c(F)c2)cc1F. The van der Waals surface area contributed by atoms with Crippen LogP contribution in [0.2, 0.25) is 0 Å². The van der Waals surface area contributed by atoms with Crippen LogP contribution >= 0.6 is 0 Å². The highest BCUT2D eigenvalue weighted by atomic mass is 19.1. The first-order chi connectivity index (χ1) is 14.5. The molecule has 0 radical (unpaired) electrons. The Balaban J connectivity index is 1.77. The second-order valence-corrected chi connectivity index (χ2v) is 7.47. The van der Waals surface area contributed by atoms with Crippen LogP contribution in [0.3, 0.4) is 0 Å². The summed E-state index contributed by atoms with van der Waals surface area (Å²) in [5, 5.41) is 2.24. The summed E-state index contributed by atoms with van der Waals surface area (Å²) in [4.78, 5) is 0. The minimum absolute atomic E-state index is 0.211. The van der Waals surface area contributed by atoms with Crippen molar-refractivity contribution in [2.75, 3.05) is 0 Å². The smallest absolute Gasteiger partial charge is 0.126 e. The molecule has 0 spiro atoms. The molecule has 0 nitrogen and oxygen atoms in total. The van der Waals surface area contributed by atoms with Crippen molar-refractivity contribution in [1.82, 2.24) is 0 Å². The molecule has 0 aromatic heterocycles. The van der Waals surface area contributed by atoms with Crippen LogP contribution in [0.25, 0.3) is 35.1 Å². The summed E-state index contributed by atoms with van der Waals surface area (Å²) in [5.74, 6) is -0.422. The molecular formula is C28H22F2. The quantitative estimate of drug-likeness (QED) is 0.306. The largest absolute Gasteiger partial charge is 0.207 e. The average Bonchev–Trinajstić information content (AvgIpc) is 2.75. The minimum atomic E-state index is -0.211. The predicted octanol–water partition coefficient (Wildman–Crippen LogP) is 8.08. The predicted molar refractivity (Wildman–Crippen MR) is 124 cm³/mol. The van der Waals surface area contributed by atoms with Crippen LogP contribution in [0.5, 0.6) is 0 Å². The van der Waals surface area contributed by atoms with Crippen molar-refractivity contribution in [2.24, 2.45) is 0 Å². The summed E-state index contributed by atoms with van der Waals surface area (Å²) < 4.78 is 27.8. The van der Waals surface area contributed by atoms with Gasteiger partial charge >= 0.3 is 0 Å². The molecule has 0 saturated carbocycles. The Hall–Kier alpha value is -3.52. The van der Waals surface area contributed by atoms with Crippen molar-refractivity contribution in [3.05, 3.63) is 118 Å². The van der Waals surface area contributed by atoms with Crippen LogP contribution in [0.4, 0.5) is 8.78 Å². The van der Waals surface area contributed by atoms with E-state index in [4.69, 9.17) is 0 Å². The van der Waals surface area contributed by atoms with Gasteiger partial charge in [-0.1, -0.05) is 85.0 Å². The normalized spacial score (nSPS) is 11.7. The van der Waals surface area contributed by atoms with Crippen molar-refractivity contribution in [3.63, 3.8) is 0 Å². The van der Waals surface area contributed by atoms with Crippen LogP contribution in [0.15, 0.2) is 72.8 Å². The van der Waals surface area contributed by atoms with Crippen molar-refractivity contribution < 1.29 is 8.78 Å². The van der Waals surface area contributed by atoms with Gasteiger partial charge in [-0.15, -0.1) is 0 Å². The Morgan fingerprint density at radius 2 is 1.20 bits per heavy atom. The van der Waals surface area contributed by atoms with Crippen LogP contribution in [0, 0.1) is 25.5 Å². The molecule has 2 heteroatoms. The maximum absolute atomic E-state index is 13.9. The van der Waals surface area contributed by atoms with E-state index in [1.54, 1.807) is 32.0 Å². The molecule has 4 rings (SSSR count). The zero-order chi connectivity index (χ0) is 21.1. The summed E-state index contributed by atoms with van der Waals surface area (Å²) in [6.07, 6.45) is 7.84. The molecule has 0 aliphatic carbocycles. The highest BCUT2D eigenvalue weighted by Gasteiger charge is 2.04. The average molecular weight is 396 g/mol.